The molecule has 0 fully saturated rings. The number of halogens is 1. The first kappa shape index (κ1) is 12.2. The fraction of sp³-hybridized carbons (Fsp3) is 0.200. The van der Waals surface area contributed by atoms with Crippen LogP contribution in [-0.2, 0) is 6.42 Å². The van der Waals surface area contributed by atoms with Crippen molar-refractivity contribution in [3.8, 4) is 0 Å². The standard InChI is InChI=1S/C15H16ClN/c1-11-7-8-12(9-14(11)16)10-15(17)13-5-3-2-4-6-13/h2-9,15H,10,17H2,1H3. The largest absolute Gasteiger partial charge is 0.324 e. The molecule has 0 saturated heterocycles. The highest BCUT2D eigenvalue weighted by molar-refractivity contribution is 6.31. The van der Waals surface area contributed by atoms with Crippen LogP contribution in [0.3, 0.4) is 0 Å². The van der Waals surface area contributed by atoms with E-state index >= 15 is 0 Å². The fourth-order valence-corrected chi connectivity index (χ4v) is 2.04. The van der Waals surface area contributed by atoms with E-state index in [1.165, 1.54) is 5.56 Å². The SMILES string of the molecule is Cc1ccc(CC(N)c2ccccc2)cc1Cl. The van der Waals surface area contributed by atoms with Gasteiger partial charge in [-0.2, -0.15) is 0 Å². The maximum absolute atomic E-state index is 6.17. The Hall–Kier alpha value is -1.31. The molecule has 0 bridgehead atoms. The van der Waals surface area contributed by atoms with Gasteiger partial charge in [0.1, 0.15) is 0 Å². The molecule has 2 heteroatoms. The summed E-state index contributed by atoms with van der Waals surface area (Å²) in [5.74, 6) is 0. The van der Waals surface area contributed by atoms with Crippen LogP contribution in [0.15, 0.2) is 48.5 Å². The van der Waals surface area contributed by atoms with Crippen molar-refractivity contribution in [3.05, 3.63) is 70.2 Å². The molecule has 17 heavy (non-hydrogen) atoms. The van der Waals surface area contributed by atoms with Gasteiger partial charge in [0.25, 0.3) is 0 Å². The smallest absolute Gasteiger partial charge is 0.0437 e. The summed E-state index contributed by atoms with van der Waals surface area (Å²) in [5, 5.41) is 0.808. The van der Waals surface area contributed by atoms with Gasteiger partial charge in [-0.05, 0) is 36.1 Å². The van der Waals surface area contributed by atoms with Crippen molar-refractivity contribution in [1.29, 1.82) is 0 Å². The Balaban J connectivity index is 2.13. The summed E-state index contributed by atoms with van der Waals surface area (Å²) in [7, 11) is 0. The van der Waals surface area contributed by atoms with Gasteiger partial charge < -0.3 is 5.73 Å². The first-order valence-corrected chi connectivity index (χ1v) is 6.10. The summed E-state index contributed by atoms with van der Waals surface area (Å²) < 4.78 is 0. The van der Waals surface area contributed by atoms with Gasteiger partial charge in [0.05, 0.1) is 0 Å². The zero-order chi connectivity index (χ0) is 12.3. The Kier molecular flexibility index (Phi) is 3.82. The number of benzene rings is 2. The summed E-state index contributed by atoms with van der Waals surface area (Å²) in [6.45, 7) is 2.00. The normalized spacial score (nSPS) is 12.4. The molecule has 0 saturated carbocycles. The van der Waals surface area contributed by atoms with Crippen molar-refractivity contribution in [3.63, 3.8) is 0 Å². The quantitative estimate of drug-likeness (QED) is 0.872. The lowest BCUT2D eigenvalue weighted by molar-refractivity contribution is 0.722. The fourth-order valence-electron chi connectivity index (χ4n) is 1.84. The van der Waals surface area contributed by atoms with Gasteiger partial charge in [-0.25, -0.2) is 0 Å². The molecule has 0 aliphatic rings. The highest BCUT2D eigenvalue weighted by Crippen LogP contribution is 2.21. The number of nitrogens with two attached hydrogens (primary N) is 1. The minimum absolute atomic E-state index is 0.0231. The lowest BCUT2D eigenvalue weighted by Crippen LogP contribution is -2.13. The zero-order valence-electron chi connectivity index (χ0n) is 9.86. The van der Waals surface area contributed by atoms with Crippen LogP contribution in [0.25, 0.3) is 0 Å². The summed E-state index contributed by atoms with van der Waals surface area (Å²) in [6.07, 6.45) is 0.810. The van der Waals surface area contributed by atoms with Crippen LogP contribution < -0.4 is 5.73 Å². The average Bonchev–Trinajstić information content (AvgIpc) is 2.35. The molecule has 1 nitrogen and oxygen atoms in total. The van der Waals surface area contributed by atoms with E-state index in [0.29, 0.717) is 0 Å². The van der Waals surface area contributed by atoms with E-state index < -0.39 is 0 Å². The third-order valence-corrected chi connectivity index (χ3v) is 3.33. The van der Waals surface area contributed by atoms with Crippen LogP contribution in [0.5, 0.6) is 0 Å². The lowest BCUT2D eigenvalue weighted by Gasteiger charge is -2.12. The summed E-state index contributed by atoms with van der Waals surface area (Å²) in [6, 6.07) is 16.3. The van der Waals surface area contributed by atoms with Crippen LogP contribution >= 0.6 is 11.6 Å². The lowest BCUT2D eigenvalue weighted by atomic mass is 9.99. The van der Waals surface area contributed by atoms with Crippen LogP contribution in [-0.4, -0.2) is 0 Å². The second-order valence-corrected chi connectivity index (χ2v) is 4.71. The van der Waals surface area contributed by atoms with Crippen molar-refractivity contribution >= 4 is 11.6 Å². The second kappa shape index (κ2) is 5.35. The second-order valence-electron chi connectivity index (χ2n) is 4.30. The Morgan fingerprint density at radius 1 is 1.12 bits per heavy atom. The third-order valence-electron chi connectivity index (χ3n) is 2.92. The monoisotopic (exact) mass is 245 g/mol. The Morgan fingerprint density at radius 3 is 2.47 bits per heavy atom. The molecule has 88 valence electrons. The van der Waals surface area contributed by atoms with Gasteiger partial charge in [0, 0.05) is 11.1 Å². The number of rotatable bonds is 3. The van der Waals surface area contributed by atoms with E-state index in [1.54, 1.807) is 0 Å². The molecule has 0 heterocycles. The third kappa shape index (κ3) is 3.09. The Labute approximate surface area is 107 Å². The van der Waals surface area contributed by atoms with Crippen molar-refractivity contribution in [1.82, 2.24) is 0 Å². The van der Waals surface area contributed by atoms with E-state index in [2.05, 4.69) is 18.2 Å². The molecule has 0 aromatic heterocycles. The van der Waals surface area contributed by atoms with Crippen molar-refractivity contribution in [2.75, 3.05) is 0 Å². The van der Waals surface area contributed by atoms with Crippen LogP contribution in [0.4, 0.5) is 0 Å². The summed E-state index contributed by atoms with van der Waals surface area (Å²) >= 11 is 6.10. The Bertz CT molecular complexity index is 494. The molecule has 2 aromatic carbocycles. The van der Waals surface area contributed by atoms with Crippen LogP contribution in [0.2, 0.25) is 5.02 Å². The molecule has 1 unspecified atom stereocenters. The topological polar surface area (TPSA) is 26.0 Å². The predicted molar refractivity (Wildman–Crippen MR) is 73.3 cm³/mol. The van der Waals surface area contributed by atoms with Gasteiger partial charge in [0.2, 0.25) is 0 Å². The number of hydrogen-bond donors (Lipinski definition) is 1. The molecule has 2 N–H and O–H groups in total. The molecule has 0 amide bonds. The first-order chi connectivity index (χ1) is 8.16. The van der Waals surface area contributed by atoms with E-state index in [4.69, 9.17) is 17.3 Å². The van der Waals surface area contributed by atoms with Gasteiger partial charge >= 0.3 is 0 Å². The maximum atomic E-state index is 6.17. The zero-order valence-corrected chi connectivity index (χ0v) is 10.6. The van der Waals surface area contributed by atoms with Gasteiger partial charge in [-0.1, -0.05) is 54.1 Å². The highest BCUT2D eigenvalue weighted by Gasteiger charge is 2.07. The maximum Gasteiger partial charge on any atom is 0.0437 e. The van der Waals surface area contributed by atoms with Gasteiger partial charge in [-0.3, -0.25) is 0 Å². The van der Waals surface area contributed by atoms with Crippen molar-refractivity contribution < 1.29 is 0 Å². The molecule has 0 aliphatic heterocycles. The van der Waals surface area contributed by atoms with E-state index in [1.807, 2.05) is 37.3 Å². The van der Waals surface area contributed by atoms with E-state index in [9.17, 15) is 0 Å². The molecule has 0 aliphatic carbocycles. The molecular formula is C15H16ClN. The molecule has 1 atom stereocenters. The van der Waals surface area contributed by atoms with Crippen molar-refractivity contribution in [2.45, 2.75) is 19.4 Å². The highest BCUT2D eigenvalue weighted by atomic mass is 35.5. The van der Waals surface area contributed by atoms with E-state index in [0.717, 1.165) is 22.6 Å². The minimum atomic E-state index is 0.0231. The summed E-state index contributed by atoms with van der Waals surface area (Å²) in [4.78, 5) is 0. The Morgan fingerprint density at radius 2 is 1.82 bits per heavy atom. The van der Waals surface area contributed by atoms with Crippen molar-refractivity contribution in [2.24, 2.45) is 5.73 Å². The van der Waals surface area contributed by atoms with E-state index in [-0.39, 0.29) is 6.04 Å². The number of aryl methyl sites for hydroxylation is 1. The molecule has 2 aromatic rings. The van der Waals surface area contributed by atoms with Gasteiger partial charge in [-0.15, -0.1) is 0 Å². The summed E-state index contributed by atoms with van der Waals surface area (Å²) in [5.41, 5.74) is 9.61. The molecule has 0 spiro atoms. The van der Waals surface area contributed by atoms with Crippen LogP contribution in [0, 0.1) is 6.92 Å². The number of hydrogen-bond acceptors (Lipinski definition) is 1. The molecular weight excluding hydrogens is 230 g/mol. The average molecular weight is 246 g/mol. The van der Waals surface area contributed by atoms with Gasteiger partial charge in [0.15, 0.2) is 0 Å². The van der Waals surface area contributed by atoms with Crippen LogP contribution in [0.1, 0.15) is 22.7 Å². The first-order valence-electron chi connectivity index (χ1n) is 5.72. The predicted octanol–water partition coefficient (Wildman–Crippen LogP) is 3.89. The molecule has 2 rings (SSSR count). The molecule has 0 radical (unpaired) electrons. The minimum Gasteiger partial charge on any atom is -0.324 e.